The Morgan fingerprint density at radius 1 is 0.926 bits per heavy atom. The molecular formula is C22H19N5. The van der Waals surface area contributed by atoms with Gasteiger partial charge in [-0.2, -0.15) is 5.10 Å². The largest absolute Gasteiger partial charge is 0.337 e. The van der Waals surface area contributed by atoms with E-state index in [4.69, 9.17) is 4.99 Å². The number of H-pyrrole nitrogens is 1. The van der Waals surface area contributed by atoms with E-state index in [2.05, 4.69) is 27.4 Å². The lowest BCUT2D eigenvalue weighted by atomic mass is 10.2. The minimum atomic E-state index is 0.673. The van der Waals surface area contributed by atoms with Crippen LogP contribution in [0, 0.1) is 6.92 Å². The molecule has 1 heterocycles. The number of amidine groups is 1. The third-order valence-corrected chi connectivity index (χ3v) is 4.09. The van der Waals surface area contributed by atoms with Crippen molar-refractivity contribution in [2.75, 3.05) is 0 Å². The van der Waals surface area contributed by atoms with Crippen LogP contribution in [-0.4, -0.2) is 22.0 Å². The lowest BCUT2D eigenvalue weighted by Gasteiger charge is -2.06. The molecule has 0 aliphatic rings. The van der Waals surface area contributed by atoms with Crippen molar-refractivity contribution in [2.24, 2.45) is 10.1 Å². The number of hydrogen-bond donors (Lipinski definition) is 2. The Bertz CT molecular complexity index is 1060. The number of para-hydroxylation sites is 2. The van der Waals surface area contributed by atoms with Gasteiger partial charge in [0.2, 0.25) is 0 Å². The van der Waals surface area contributed by atoms with Gasteiger partial charge in [0.05, 0.1) is 22.9 Å². The van der Waals surface area contributed by atoms with E-state index in [1.807, 2.05) is 78.9 Å². The predicted molar refractivity (Wildman–Crippen MR) is 111 cm³/mol. The number of hydrogen-bond acceptors (Lipinski definition) is 3. The average Bonchev–Trinajstić information content (AvgIpc) is 3.12. The lowest BCUT2D eigenvalue weighted by molar-refractivity contribution is 1.03. The van der Waals surface area contributed by atoms with E-state index in [9.17, 15) is 0 Å². The fraction of sp³-hybridized carbons (Fsp3) is 0.0455. The van der Waals surface area contributed by atoms with Crippen molar-refractivity contribution in [3.8, 4) is 0 Å². The topological polar surface area (TPSA) is 65.4 Å². The van der Waals surface area contributed by atoms with Crippen LogP contribution in [0.15, 0.2) is 89.0 Å². The zero-order valence-corrected chi connectivity index (χ0v) is 14.9. The van der Waals surface area contributed by atoms with Gasteiger partial charge in [0.15, 0.2) is 11.7 Å². The maximum absolute atomic E-state index is 4.71. The van der Waals surface area contributed by atoms with Crippen LogP contribution in [0.3, 0.4) is 0 Å². The van der Waals surface area contributed by atoms with Crippen LogP contribution < -0.4 is 5.43 Å². The Kier molecular flexibility index (Phi) is 4.74. The van der Waals surface area contributed by atoms with Gasteiger partial charge >= 0.3 is 0 Å². The van der Waals surface area contributed by atoms with Crippen molar-refractivity contribution in [1.82, 2.24) is 15.4 Å². The average molecular weight is 353 g/mol. The predicted octanol–water partition coefficient (Wildman–Crippen LogP) is 4.57. The van der Waals surface area contributed by atoms with Gasteiger partial charge in [0.25, 0.3) is 0 Å². The van der Waals surface area contributed by atoms with E-state index in [1.54, 1.807) is 6.21 Å². The number of aliphatic imine (C=N–C) groups is 1. The van der Waals surface area contributed by atoms with Crippen LogP contribution in [0.1, 0.15) is 17.0 Å². The van der Waals surface area contributed by atoms with E-state index >= 15 is 0 Å². The molecule has 0 unspecified atom stereocenters. The maximum atomic E-state index is 4.71. The number of imidazole rings is 1. The Morgan fingerprint density at radius 3 is 2.44 bits per heavy atom. The summed E-state index contributed by atoms with van der Waals surface area (Å²) < 4.78 is 0. The van der Waals surface area contributed by atoms with Crippen LogP contribution in [0.25, 0.3) is 11.0 Å². The fourth-order valence-electron chi connectivity index (χ4n) is 2.69. The monoisotopic (exact) mass is 353 g/mol. The maximum Gasteiger partial charge on any atom is 0.154 e. The number of hydrazone groups is 1. The van der Waals surface area contributed by atoms with E-state index in [0.29, 0.717) is 11.7 Å². The number of aromatic amines is 1. The molecule has 4 rings (SSSR count). The van der Waals surface area contributed by atoms with Crippen molar-refractivity contribution in [3.05, 3.63) is 95.8 Å². The summed E-state index contributed by atoms with van der Waals surface area (Å²) in [4.78, 5) is 12.4. The van der Waals surface area contributed by atoms with Gasteiger partial charge in [-0.05, 0) is 31.2 Å². The quantitative estimate of drug-likeness (QED) is 0.320. The van der Waals surface area contributed by atoms with Gasteiger partial charge in [0.1, 0.15) is 0 Å². The summed E-state index contributed by atoms with van der Waals surface area (Å²) in [6, 6.07) is 25.9. The Morgan fingerprint density at radius 2 is 1.67 bits per heavy atom. The molecule has 0 bridgehead atoms. The molecule has 3 aromatic carbocycles. The van der Waals surface area contributed by atoms with Crippen molar-refractivity contribution in [1.29, 1.82) is 0 Å². The van der Waals surface area contributed by atoms with Gasteiger partial charge in [-0.3, -0.25) is 5.43 Å². The van der Waals surface area contributed by atoms with Gasteiger partial charge in [-0.15, -0.1) is 0 Å². The molecule has 0 radical (unpaired) electrons. The number of aromatic nitrogens is 2. The first-order chi connectivity index (χ1) is 13.3. The van der Waals surface area contributed by atoms with Crippen LogP contribution in [0.2, 0.25) is 0 Å². The van der Waals surface area contributed by atoms with E-state index in [1.165, 1.54) is 5.56 Å². The molecule has 0 fully saturated rings. The third-order valence-electron chi connectivity index (χ3n) is 4.09. The molecule has 0 aliphatic heterocycles. The normalized spacial score (nSPS) is 12.0. The minimum absolute atomic E-state index is 0.673. The highest BCUT2D eigenvalue weighted by Crippen LogP contribution is 2.14. The van der Waals surface area contributed by atoms with Gasteiger partial charge < -0.3 is 4.98 Å². The highest BCUT2D eigenvalue weighted by atomic mass is 15.3. The summed E-state index contributed by atoms with van der Waals surface area (Å²) in [6.07, 6.45) is 1.66. The molecule has 27 heavy (non-hydrogen) atoms. The lowest BCUT2D eigenvalue weighted by Crippen LogP contribution is -2.19. The molecular weight excluding hydrogens is 334 g/mol. The van der Waals surface area contributed by atoms with Gasteiger partial charge in [-0.25, -0.2) is 9.98 Å². The molecule has 5 nitrogen and oxygen atoms in total. The zero-order valence-electron chi connectivity index (χ0n) is 14.9. The first kappa shape index (κ1) is 16.7. The Labute approximate surface area is 157 Å². The highest BCUT2D eigenvalue weighted by Gasteiger charge is 2.03. The highest BCUT2D eigenvalue weighted by molar-refractivity contribution is 6.00. The first-order valence-corrected chi connectivity index (χ1v) is 8.72. The van der Waals surface area contributed by atoms with Crippen molar-refractivity contribution >= 4 is 28.8 Å². The number of aryl methyl sites for hydroxylation is 1. The number of nitrogens with zero attached hydrogens (tertiary/aromatic N) is 3. The van der Waals surface area contributed by atoms with Crippen LogP contribution in [0.4, 0.5) is 5.69 Å². The summed E-state index contributed by atoms with van der Waals surface area (Å²) in [5, 5.41) is 4.33. The number of rotatable bonds is 4. The molecule has 0 spiro atoms. The second-order valence-corrected chi connectivity index (χ2v) is 6.17. The standard InChI is InChI=1S/C22H19N5/c1-16-11-13-18(14-12-16)24-22(17-7-3-2-4-8-17)27-23-15-21-25-19-9-5-6-10-20(19)26-21/h2-15H,1H3,(H,24,27)(H,25,26)/b23-15+. The van der Waals surface area contributed by atoms with Crippen molar-refractivity contribution < 1.29 is 0 Å². The molecule has 1 aromatic heterocycles. The minimum Gasteiger partial charge on any atom is -0.337 e. The number of benzene rings is 3. The molecule has 0 aliphatic carbocycles. The molecule has 2 N–H and O–H groups in total. The third kappa shape index (κ3) is 4.10. The molecule has 4 aromatic rings. The summed E-state index contributed by atoms with van der Waals surface area (Å²) in [5.74, 6) is 1.36. The molecule has 0 atom stereocenters. The van der Waals surface area contributed by atoms with E-state index in [0.717, 1.165) is 22.3 Å². The van der Waals surface area contributed by atoms with E-state index in [-0.39, 0.29) is 0 Å². The SMILES string of the molecule is Cc1ccc(N=C(N/N=C/c2nc3ccccc3[nH]2)c2ccccc2)cc1. The summed E-state index contributed by atoms with van der Waals surface area (Å²) in [5.41, 5.74) is 7.97. The van der Waals surface area contributed by atoms with Gasteiger partial charge in [0, 0.05) is 5.56 Å². The fourth-order valence-corrected chi connectivity index (χ4v) is 2.69. The van der Waals surface area contributed by atoms with Crippen molar-refractivity contribution in [3.63, 3.8) is 0 Å². The Balaban J connectivity index is 1.60. The second-order valence-electron chi connectivity index (χ2n) is 6.17. The molecule has 0 saturated heterocycles. The molecule has 132 valence electrons. The summed E-state index contributed by atoms with van der Waals surface area (Å²) in [6.45, 7) is 2.06. The summed E-state index contributed by atoms with van der Waals surface area (Å²) in [7, 11) is 0. The second kappa shape index (κ2) is 7.66. The summed E-state index contributed by atoms with van der Waals surface area (Å²) >= 11 is 0. The van der Waals surface area contributed by atoms with Crippen LogP contribution >= 0.6 is 0 Å². The zero-order chi connectivity index (χ0) is 18.5. The van der Waals surface area contributed by atoms with Crippen molar-refractivity contribution in [2.45, 2.75) is 6.92 Å². The van der Waals surface area contributed by atoms with Crippen LogP contribution in [0.5, 0.6) is 0 Å². The van der Waals surface area contributed by atoms with E-state index < -0.39 is 0 Å². The first-order valence-electron chi connectivity index (χ1n) is 8.72. The van der Waals surface area contributed by atoms with Gasteiger partial charge in [-0.1, -0.05) is 60.2 Å². The molecule has 5 heteroatoms. The number of nitrogens with one attached hydrogen (secondary N) is 2. The smallest absolute Gasteiger partial charge is 0.154 e. The molecule has 0 saturated carbocycles. The molecule has 0 amide bonds. The van der Waals surface area contributed by atoms with Crippen LogP contribution in [-0.2, 0) is 0 Å². The number of fused-ring (bicyclic) bond motifs is 1. The Hall–Kier alpha value is -3.73.